The Morgan fingerprint density at radius 3 is 2.43 bits per heavy atom. The first kappa shape index (κ1) is 12.2. The first-order chi connectivity index (χ1) is 6.44. The van der Waals surface area contributed by atoms with E-state index in [0.29, 0.717) is 5.78 Å². The fraction of sp³-hybridized carbons (Fsp3) is 0.917. The van der Waals surface area contributed by atoms with Crippen molar-refractivity contribution in [3.63, 3.8) is 0 Å². The fourth-order valence-corrected chi connectivity index (χ4v) is 3.01. The molecule has 82 valence electrons. The van der Waals surface area contributed by atoms with Gasteiger partial charge in [-0.05, 0) is 31.1 Å². The summed E-state index contributed by atoms with van der Waals surface area (Å²) < 4.78 is 0. The second-order valence-corrected chi connectivity index (χ2v) is 6.19. The highest BCUT2D eigenvalue weighted by atomic mass is 79.9. The SMILES string of the molecule is CC(C)(C)[C@@]1(CCCBr)CCCC1=O. The Labute approximate surface area is 95.8 Å². The molecule has 1 saturated carbocycles. The Balaban J connectivity index is 2.85. The van der Waals surface area contributed by atoms with E-state index in [-0.39, 0.29) is 10.8 Å². The first-order valence-electron chi connectivity index (χ1n) is 5.53. The van der Waals surface area contributed by atoms with E-state index in [2.05, 4.69) is 36.7 Å². The van der Waals surface area contributed by atoms with Crippen molar-refractivity contribution < 1.29 is 4.79 Å². The van der Waals surface area contributed by atoms with E-state index >= 15 is 0 Å². The van der Waals surface area contributed by atoms with Gasteiger partial charge in [-0.15, -0.1) is 0 Å². The van der Waals surface area contributed by atoms with Crippen molar-refractivity contribution >= 4 is 21.7 Å². The molecule has 1 aliphatic rings. The highest BCUT2D eigenvalue weighted by Crippen LogP contribution is 2.51. The molecule has 1 rings (SSSR count). The van der Waals surface area contributed by atoms with Gasteiger partial charge in [0.25, 0.3) is 0 Å². The zero-order chi connectivity index (χ0) is 10.8. The molecule has 1 fully saturated rings. The number of carbonyl (C=O) groups is 1. The van der Waals surface area contributed by atoms with E-state index in [1.54, 1.807) is 0 Å². The summed E-state index contributed by atoms with van der Waals surface area (Å²) in [5, 5.41) is 1.01. The summed E-state index contributed by atoms with van der Waals surface area (Å²) >= 11 is 3.46. The normalized spacial score (nSPS) is 28.4. The summed E-state index contributed by atoms with van der Waals surface area (Å²) in [4.78, 5) is 12.0. The van der Waals surface area contributed by atoms with Crippen LogP contribution in [0.2, 0.25) is 0 Å². The molecule has 0 aromatic heterocycles. The third-order valence-electron chi connectivity index (χ3n) is 3.71. The van der Waals surface area contributed by atoms with E-state index in [9.17, 15) is 4.79 Å². The number of rotatable bonds is 3. The molecular weight excluding hydrogens is 240 g/mol. The molecule has 0 N–H and O–H groups in total. The molecule has 14 heavy (non-hydrogen) atoms. The molecule has 0 saturated heterocycles. The van der Waals surface area contributed by atoms with Gasteiger partial charge in [-0.1, -0.05) is 36.7 Å². The van der Waals surface area contributed by atoms with Gasteiger partial charge in [0.05, 0.1) is 0 Å². The van der Waals surface area contributed by atoms with Crippen molar-refractivity contribution in [2.24, 2.45) is 10.8 Å². The summed E-state index contributed by atoms with van der Waals surface area (Å²) in [6, 6.07) is 0. The van der Waals surface area contributed by atoms with Crippen LogP contribution < -0.4 is 0 Å². The highest BCUT2D eigenvalue weighted by Gasteiger charge is 2.49. The van der Waals surface area contributed by atoms with Crippen LogP contribution in [-0.2, 0) is 4.79 Å². The van der Waals surface area contributed by atoms with Crippen molar-refractivity contribution in [3.05, 3.63) is 0 Å². The molecule has 0 unspecified atom stereocenters. The van der Waals surface area contributed by atoms with Gasteiger partial charge < -0.3 is 0 Å². The average molecular weight is 261 g/mol. The van der Waals surface area contributed by atoms with Crippen LogP contribution in [0.1, 0.15) is 52.9 Å². The molecule has 1 nitrogen and oxygen atoms in total. The highest BCUT2D eigenvalue weighted by molar-refractivity contribution is 9.09. The summed E-state index contributed by atoms with van der Waals surface area (Å²) in [5.41, 5.74) is 0.101. The average Bonchev–Trinajstić information content (AvgIpc) is 2.43. The number of hydrogen-bond donors (Lipinski definition) is 0. The lowest BCUT2D eigenvalue weighted by atomic mass is 9.62. The van der Waals surface area contributed by atoms with Gasteiger partial charge >= 0.3 is 0 Å². The van der Waals surface area contributed by atoms with Gasteiger partial charge in [0.1, 0.15) is 5.78 Å². The minimum absolute atomic E-state index is 0.0270. The molecule has 0 aliphatic heterocycles. The number of hydrogen-bond acceptors (Lipinski definition) is 1. The standard InChI is InChI=1S/C12H21BrO/c1-11(2,3)12(8-5-9-13)7-4-6-10(12)14/h4-9H2,1-3H3/t12-/m1/s1. The summed E-state index contributed by atoms with van der Waals surface area (Å²) in [6.07, 6.45) is 5.17. The number of ketones is 1. The number of carbonyl (C=O) groups excluding carboxylic acids is 1. The predicted molar refractivity (Wildman–Crippen MR) is 63.8 cm³/mol. The molecule has 2 heteroatoms. The van der Waals surface area contributed by atoms with Crippen LogP contribution in [0.15, 0.2) is 0 Å². The van der Waals surface area contributed by atoms with E-state index in [0.717, 1.165) is 37.4 Å². The molecule has 0 aromatic carbocycles. The quantitative estimate of drug-likeness (QED) is 0.703. The van der Waals surface area contributed by atoms with Crippen LogP contribution in [0, 0.1) is 10.8 Å². The second-order valence-electron chi connectivity index (χ2n) is 5.40. The predicted octanol–water partition coefficient (Wildman–Crippen LogP) is 3.95. The van der Waals surface area contributed by atoms with Gasteiger partial charge in [0.2, 0.25) is 0 Å². The zero-order valence-corrected chi connectivity index (χ0v) is 11.1. The lowest BCUT2D eigenvalue weighted by molar-refractivity contribution is -0.132. The van der Waals surface area contributed by atoms with Crippen molar-refractivity contribution in [2.45, 2.75) is 52.9 Å². The van der Waals surface area contributed by atoms with Crippen LogP contribution in [0.25, 0.3) is 0 Å². The van der Waals surface area contributed by atoms with Crippen molar-refractivity contribution in [1.29, 1.82) is 0 Å². The monoisotopic (exact) mass is 260 g/mol. The smallest absolute Gasteiger partial charge is 0.139 e. The largest absolute Gasteiger partial charge is 0.299 e. The molecule has 1 aliphatic carbocycles. The maximum absolute atomic E-state index is 12.0. The Hall–Kier alpha value is 0.150. The van der Waals surface area contributed by atoms with Gasteiger partial charge in [-0.3, -0.25) is 4.79 Å². The Kier molecular flexibility index (Phi) is 3.79. The van der Waals surface area contributed by atoms with Crippen molar-refractivity contribution in [2.75, 3.05) is 5.33 Å². The number of alkyl halides is 1. The van der Waals surface area contributed by atoms with E-state index in [4.69, 9.17) is 0 Å². The molecule has 0 amide bonds. The van der Waals surface area contributed by atoms with Crippen molar-refractivity contribution in [3.8, 4) is 0 Å². The van der Waals surface area contributed by atoms with Crippen LogP contribution >= 0.6 is 15.9 Å². The topological polar surface area (TPSA) is 17.1 Å². The Morgan fingerprint density at radius 2 is 2.07 bits per heavy atom. The van der Waals surface area contributed by atoms with Crippen LogP contribution in [0.3, 0.4) is 0 Å². The molecule has 0 radical (unpaired) electrons. The molecular formula is C12H21BrO. The van der Waals surface area contributed by atoms with E-state index < -0.39 is 0 Å². The molecule has 0 spiro atoms. The molecule has 0 bridgehead atoms. The Morgan fingerprint density at radius 1 is 1.43 bits per heavy atom. The molecule has 0 heterocycles. The summed E-state index contributed by atoms with van der Waals surface area (Å²) in [6.45, 7) is 6.64. The lowest BCUT2D eigenvalue weighted by Crippen LogP contribution is -2.39. The van der Waals surface area contributed by atoms with Gasteiger partial charge in [-0.25, -0.2) is 0 Å². The Bertz CT molecular complexity index is 217. The fourth-order valence-electron chi connectivity index (χ4n) is 2.73. The number of halogens is 1. The second kappa shape index (κ2) is 4.34. The summed E-state index contributed by atoms with van der Waals surface area (Å²) in [7, 11) is 0. The van der Waals surface area contributed by atoms with Gasteiger partial charge in [-0.2, -0.15) is 0 Å². The molecule has 1 atom stereocenters. The van der Waals surface area contributed by atoms with Crippen molar-refractivity contribution in [1.82, 2.24) is 0 Å². The number of Topliss-reactive ketones (excluding diaryl/α,β-unsaturated/α-hetero) is 1. The zero-order valence-electron chi connectivity index (χ0n) is 9.53. The third kappa shape index (κ3) is 2.05. The van der Waals surface area contributed by atoms with Gasteiger partial charge in [0.15, 0.2) is 0 Å². The van der Waals surface area contributed by atoms with Crippen LogP contribution in [0.4, 0.5) is 0 Å². The first-order valence-corrected chi connectivity index (χ1v) is 6.65. The third-order valence-corrected chi connectivity index (χ3v) is 4.27. The van der Waals surface area contributed by atoms with E-state index in [1.165, 1.54) is 0 Å². The van der Waals surface area contributed by atoms with Crippen LogP contribution in [-0.4, -0.2) is 11.1 Å². The maximum Gasteiger partial charge on any atom is 0.139 e. The summed E-state index contributed by atoms with van der Waals surface area (Å²) in [5.74, 6) is 0.506. The van der Waals surface area contributed by atoms with E-state index in [1.807, 2.05) is 0 Å². The minimum atomic E-state index is -0.0270. The maximum atomic E-state index is 12.0. The minimum Gasteiger partial charge on any atom is -0.299 e. The lowest BCUT2D eigenvalue weighted by Gasteiger charge is -2.40. The van der Waals surface area contributed by atoms with Crippen LogP contribution in [0.5, 0.6) is 0 Å². The molecule has 0 aromatic rings. The van der Waals surface area contributed by atoms with Gasteiger partial charge in [0, 0.05) is 17.2 Å².